The summed E-state index contributed by atoms with van der Waals surface area (Å²) in [6.07, 6.45) is 1.94. The monoisotopic (exact) mass is 285 g/mol. The van der Waals surface area contributed by atoms with E-state index in [1.54, 1.807) is 16.0 Å². The fourth-order valence-corrected chi connectivity index (χ4v) is 2.86. The van der Waals surface area contributed by atoms with Crippen LogP contribution in [0.4, 0.5) is 0 Å². The van der Waals surface area contributed by atoms with Crippen LogP contribution in [0.25, 0.3) is 0 Å². The fourth-order valence-electron chi connectivity index (χ4n) is 1.69. The summed E-state index contributed by atoms with van der Waals surface area (Å²) in [5, 5.41) is 8.13. The third kappa shape index (κ3) is 3.78. The third-order valence-corrected chi connectivity index (χ3v) is 3.65. The normalized spacial score (nSPS) is 11.3. The standard InChI is InChI=1S/C11H16ClN5S/c1-16(8-10-2-3-11(12)18-10)6-9-7-17(5-4-13)15-14-9/h2-3,7H,4-6,8,13H2,1H3. The van der Waals surface area contributed by atoms with E-state index in [0.717, 1.165) is 23.1 Å². The van der Waals surface area contributed by atoms with Crippen molar-refractivity contribution in [2.75, 3.05) is 13.6 Å². The Bertz CT molecular complexity index is 495. The van der Waals surface area contributed by atoms with Crippen LogP contribution >= 0.6 is 22.9 Å². The summed E-state index contributed by atoms with van der Waals surface area (Å²) in [7, 11) is 2.05. The molecule has 2 aromatic rings. The van der Waals surface area contributed by atoms with Gasteiger partial charge in [0.15, 0.2) is 0 Å². The quantitative estimate of drug-likeness (QED) is 0.875. The van der Waals surface area contributed by atoms with Crippen molar-refractivity contribution in [2.45, 2.75) is 19.6 Å². The Kier molecular flexibility index (Phi) is 4.71. The lowest BCUT2D eigenvalue weighted by Gasteiger charge is -2.13. The van der Waals surface area contributed by atoms with Crippen LogP contribution in [0.1, 0.15) is 10.6 Å². The Labute approximate surface area is 115 Å². The lowest BCUT2D eigenvalue weighted by molar-refractivity contribution is 0.318. The number of hydrogen-bond acceptors (Lipinski definition) is 5. The topological polar surface area (TPSA) is 60.0 Å². The van der Waals surface area contributed by atoms with Crippen molar-refractivity contribution in [3.8, 4) is 0 Å². The van der Waals surface area contributed by atoms with Gasteiger partial charge in [-0.2, -0.15) is 0 Å². The molecule has 5 nitrogen and oxygen atoms in total. The molecule has 0 amide bonds. The van der Waals surface area contributed by atoms with E-state index in [-0.39, 0.29) is 0 Å². The molecule has 0 aliphatic heterocycles. The smallest absolute Gasteiger partial charge is 0.0967 e. The summed E-state index contributed by atoms with van der Waals surface area (Å²) < 4.78 is 2.60. The lowest BCUT2D eigenvalue weighted by Crippen LogP contribution is -2.16. The van der Waals surface area contributed by atoms with E-state index in [2.05, 4.69) is 28.3 Å². The van der Waals surface area contributed by atoms with Crippen LogP contribution in [0, 0.1) is 0 Å². The van der Waals surface area contributed by atoms with Crippen molar-refractivity contribution in [1.82, 2.24) is 19.9 Å². The second kappa shape index (κ2) is 6.29. The van der Waals surface area contributed by atoms with E-state index in [9.17, 15) is 0 Å². The lowest BCUT2D eigenvalue weighted by atomic mass is 10.4. The Morgan fingerprint density at radius 3 is 2.94 bits per heavy atom. The predicted molar refractivity (Wildman–Crippen MR) is 73.6 cm³/mol. The van der Waals surface area contributed by atoms with Gasteiger partial charge in [-0.3, -0.25) is 9.58 Å². The molecule has 0 radical (unpaired) electrons. The number of nitrogens with zero attached hydrogens (tertiary/aromatic N) is 4. The third-order valence-electron chi connectivity index (χ3n) is 2.43. The molecule has 0 saturated carbocycles. The highest BCUT2D eigenvalue weighted by molar-refractivity contribution is 7.16. The maximum absolute atomic E-state index is 5.90. The van der Waals surface area contributed by atoms with E-state index >= 15 is 0 Å². The highest BCUT2D eigenvalue weighted by atomic mass is 35.5. The van der Waals surface area contributed by atoms with Gasteiger partial charge in [0.1, 0.15) is 0 Å². The molecule has 0 saturated heterocycles. The summed E-state index contributed by atoms with van der Waals surface area (Å²) in [6.45, 7) is 2.91. The van der Waals surface area contributed by atoms with Crippen LogP contribution in [0.2, 0.25) is 4.34 Å². The van der Waals surface area contributed by atoms with Crippen LogP contribution in [-0.2, 0) is 19.6 Å². The molecule has 0 aliphatic rings. The molecule has 2 N–H and O–H groups in total. The molecular weight excluding hydrogens is 270 g/mol. The Hall–Kier alpha value is -0.950. The minimum Gasteiger partial charge on any atom is -0.329 e. The molecule has 18 heavy (non-hydrogen) atoms. The van der Waals surface area contributed by atoms with Crippen LogP contribution in [0.3, 0.4) is 0 Å². The van der Waals surface area contributed by atoms with Gasteiger partial charge in [0.05, 0.1) is 16.6 Å². The summed E-state index contributed by atoms with van der Waals surface area (Å²) in [6, 6.07) is 3.97. The molecule has 98 valence electrons. The van der Waals surface area contributed by atoms with Crippen LogP contribution in [0.15, 0.2) is 18.3 Å². The van der Waals surface area contributed by atoms with Crippen LogP contribution in [0.5, 0.6) is 0 Å². The second-order valence-corrected chi connectivity index (χ2v) is 5.94. The number of halogens is 1. The molecule has 2 aromatic heterocycles. The van der Waals surface area contributed by atoms with E-state index in [4.69, 9.17) is 17.3 Å². The SMILES string of the molecule is CN(Cc1cn(CCN)nn1)Cc1ccc(Cl)s1. The van der Waals surface area contributed by atoms with E-state index in [1.165, 1.54) is 4.88 Å². The average Bonchev–Trinajstić information content (AvgIpc) is 2.89. The van der Waals surface area contributed by atoms with Gasteiger partial charge in [-0.05, 0) is 19.2 Å². The highest BCUT2D eigenvalue weighted by Crippen LogP contribution is 2.22. The zero-order valence-corrected chi connectivity index (χ0v) is 11.8. The number of hydrogen-bond donors (Lipinski definition) is 1. The number of aromatic nitrogens is 3. The molecule has 0 spiro atoms. The van der Waals surface area contributed by atoms with Gasteiger partial charge in [-0.15, -0.1) is 16.4 Å². The maximum atomic E-state index is 5.90. The molecule has 0 bridgehead atoms. The van der Waals surface area contributed by atoms with Gasteiger partial charge in [-0.25, -0.2) is 0 Å². The van der Waals surface area contributed by atoms with Crippen molar-refractivity contribution in [1.29, 1.82) is 0 Å². The van der Waals surface area contributed by atoms with Gasteiger partial charge < -0.3 is 5.73 Å². The minimum absolute atomic E-state index is 0.576. The molecule has 0 aromatic carbocycles. The summed E-state index contributed by atoms with van der Waals surface area (Å²) in [5.74, 6) is 0. The van der Waals surface area contributed by atoms with Gasteiger partial charge in [0, 0.05) is 30.7 Å². The molecule has 0 atom stereocenters. The summed E-state index contributed by atoms with van der Waals surface area (Å²) >= 11 is 7.51. The van der Waals surface area contributed by atoms with Crippen LogP contribution < -0.4 is 5.73 Å². The maximum Gasteiger partial charge on any atom is 0.0967 e. The van der Waals surface area contributed by atoms with Gasteiger partial charge in [0.2, 0.25) is 0 Å². The first-order valence-electron chi connectivity index (χ1n) is 5.69. The molecule has 0 fully saturated rings. The van der Waals surface area contributed by atoms with Gasteiger partial charge in [0.25, 0.3) is 0 Å². The number of rotatable bonds is 6. The van der Waals surface area contributed by atoms with E-state index in [0.29, 0.717) is 13.1 Å². The summed E-state index contributed by atoms with van der Waals surface area (Å²) in [4.78, 5) is 3.43. The van der Waals surface area contributed by atoms with Crippen molar-refractivity contribution < 1.29 is 0 Å². The van der Waals surface area contributed by atoms with E-state index in [1.807, 2.05) is 12.3 Å². The Morgan fingerprint density at radius 2 is 2.28 bits per heavy atom. The number of nitrogens with two attached hydrogens (primary N) is 1. The largest absolute Gasteiger partial charge is 0.329 e. The fraction of sp³-hybridized carbons (Fsp3) is 0.455. The van der Waals surface area contributed by atoms with Crippen molar-refractivity contribution in [3.05, 3.63) is 33.2 Å². The first-order valence-corrected chi connectivity index (χ1v) is 6.88. The predicted octanol–water partition coefficient (Wildman–Crippen LogP) is 1.58. The van der Waals surface area contributed by atoms with Gasteiger partial charge >= 0.3 is 0 Å². The second-order valence-electron chi connectivity index (χ2n) is 4.14. The Balaban J connectivity index is 1.88. The molecular formula is C11H16ClN5S. The minimum atomic E-state index is 0.576. The summed E-state index contributed by atoms with van der Waals surface area (Å²) in [5.41, 5.74) is 6.42. The molecule has 0 unspecified atom stereocenters. The van der Waals surface area contributed by atoms with E-state index < -0.39 is 0 Å². The first-order chi connectivity index (χ1) is 8.67. The van der Waals surface area contributed by atoms with Crippen molar-refractivity contribution in [3.63, 3.8) is 0 Å². The first kappa shape index (κ1) is 13.5. The van der Waals surface area contributed by atoms with Gasteiger partial charge in [-0.1, -0.05) is 16.8 Å². The molecule has 2 heterocycles. The molecule has 0 aliphatic carbocycles. The molecule has 2 rings (SSSR count). The van der Waals surface area contributed by atoms with Crippen LogP contribution in [-0.4, -0.2) is 33.5 Å². The zero-order chi connectivity index (χ0) is 13.0. The number of thiophene rings is 1. The Morgan fingerprint density at radius 1 is 1.44 bits per heavy atom. The molecule has 7 heteroatoms. The average molecular weight is 286 g/mol. The van der Waals surface area contributed by atoms with Crippen molar-refractivity contribution >= 4 is 22.9 Å². The zero-order valence-electron chi connectivity index (χ0n) is 10.2. The highest BCUT2D eigenvalue weighted by Gasteiger charge is 2.07. The van der Waals surface area contributed by atoms with Crippen molar-refractivity contribution in [2.24, 2.45) is 5.73 Å².